The number of carbonyl (C=O) groups excluding carboxylic acids is 2. The van der Waals surface area contributed by atoms with Gasteiger partial charge in [-0.1, -0.05) is 18.2 Å². The molecule has 1 aromatic heterocycles. The third kappa shape index (κ3) is 5.06. The van der Waals surface area contributed by atoms with Crippen LogP contribution in [0.4, 0.5) is 5.13 Å². The minimum Gasteiger partial charge on any atom is -0.486 e. The van der Waals surface area contributed by atoms with Crippen LogP contribution < -0.4 is 24.8 Å². The lowest BCUT2D eigenvalue weighted by atomic mass is 10.1. The Bertz CT molecular complexity index is 1040. The fraction of sp³-hybridized carbons (Fsp3) is 0.190. The molecule has 2 N–H and O–H groups in total. The fourth-order valence-electron chi connectivity index (χ4n) is 2.73. The van der Waals surface area contributed by atoms with Gasteiger partial charge in [-0.05, 0) is 30.3 Å². The normalized spacial score (nSPS) is 12.1. The topological polar surface area (TPSA) is 98.8 Å². The van der Waals surface area contributed by atoms with Crippen molar-refractivity contribution >= 4 is 28.3 Å². The first-order valence-electron chi connectivity index (χ1n) is 9.27. The van der Waals surface area contributed by atoms with Gasteiger partial charge in [0.25, 0.3) is 5.91 Å². The van der Waals surface area contributed by atoms with Crippen LogP contribution in [0, 0.1) is 0 Å². The van der Waals surface area contributed by atoms with Crippen molar-refractivity contribution in [3.05, 3.63) is 53.9 Å². The van der Waals surface area contributed by atoms with Crippen LogP contribution in [0.2, 0.25) is 0 Å². The number of hydrogen-bond donors (Lipinski definition) is 2. The highest BCUT2D eigenvalue weighted by atomic mass is 32.1. The molecule has 0 atom stereocenters. The molecule has 8 nitrogen and oxygen atoms in total. The standard InChI is InChI=1S/C21H19N3O5S/c25-19(11-22-20(26)12-29-15-4-2-1-3-5-15)24-21-23-16(13-30-21)14-6-7-17-18(10-14)28-9-8-27-17/h1-7,10,13H,8-9,11-12H2,(H,22,26)(H,23,24,25). The molecule has 154 valence electrons. The number of hydrogen-bond acceptors (Lipinski definition) is 7. The molecule has 0 unspecified atom stereocenters. The maximum Gasteiger partial charge on any atom is 0.258 e. The van der Waals surface area contributed by atoms with Crippen LogP contribution >= 0.6 is 11.3 Å². The molecule has 3 aromatic rings. The van der Waals surface area contributed by atoms with Crippen molar-refractivity contribution in [1.82, 2.24) is 10.3 Å². The van der Waals surface area contributed by atoms with Gasteiger partial charge in [0.2, 0.25) is 5.91 Å². The minimum absolute atomic E-state index is 0.164. The van der Waals surface area contributed by atoms with E-state index in [1.165, 1.54) is 11.3 Å². The van der Waals surface area contributed by atoms with Crippen LogP contribution in [0.15, 0.2) is 53.9 Å². The van der Waals surface area contributed by atoms with Gasteiger partial charge in [-0.2, -0.15) is 0 Å². The molecule has 0 radical (unpaired) electrons. The average Bonchev–Trinajstić information content (AvgIpc) is 3.25. The predicted molar refractivity (Wildman–Crippen MR) is 112 cm³/mol. The van der Waals surface area contributed by atoms with E-state index in [1.807, 2.05) is 41.8 Å². The summed E-state index contributed by atoms with van der Waals surface area (Å²) in [5, 5.41) is 7.48. The largest absolute Gasteiger partial charge is 0.486 e. The lowest BCUT2D eigenvalue weighted by molar-refractivity contribution is -0.125. The second-order valence-electron chi connectivity index (χ2n) is 6.32. The summed E-state index contributed by atoms with van der Waals surface area (Å²) in [6.07, 6.45) is 0. The number of anilines is 1. The van der Waals surface area contributed by atoms with E-state index in [2.05, 4.69) is 15.6 Å². The molecule has 0 bridgehead atoms. The van der Waals surface area contributed by atoms with E-state index in [0.29, 0.717) is 41.3 Å². The SMILES string of the molecule is O=C(COc1ccccc1)NCC(=O)Nc1nc(-c2ccc3c(c2)OCCO3)cs1. The molecule has 0 fully saturated rings. The summed E-state index contributed by atoms with van der Waals surface area (Å²) in [7, 11) is 0. The van der Waals surface area contributed by atoms with Gasteiger partial charge in [0.05, 0.1) is 12.2 Å². The Hall–Kier alpha value is -3.59. The number of thiazole rings is 1. The van der Waals surface area contributed by atoms with Gasteiger partial charge in [0, 0.05) is 10.9 Å². The first kappa shape index (κ1) is 19.7. The average molecular weight is 425 g/mol. The summed E-state index contributed by atoms with van der Waals surface area (Å²) < 4.78 is 16.4. The number of fused-ring (bicyclic) bond motifs is 1. The van der Waals surface area contributed by atoms with Gasteiger partial charge in [-0.15, -0.1) is 11.3 Å². The maximum atomic E-state index is 12.1. The molecule has 2 heterocycles. The summed E-state index contributed by atoms with van der Waals surface area (Å²) in [5.41, 5.74) is 1.58. The predicted octanol–water partition coefficient (Wildman–Crippen LogP) is 2.72. The van der Waals surface area contributed by atoms with Crippen molar-refractivity contribution in [2.45, 2.75) is 0 Å². The Morgan fingerprint density at radius 1 is 1.03 bits per heavy atom. The van der Waals surface area contributed by atoms with E-state index in [4.69, 9.17) is 14.2 Å². The lowest BCUT2D eigenvalue weighted by Crippen LogP contribution is -2.35. The van der Waals surface area contributed by atoms with Gasteiger partial charge in [-0.3, -0.25) is 9.59 Å². The molecule has 2 amide bonds. The Kier molecular flexibility index (Phi) is 6.09. The van der Waals surface area contributed by atoms with Crippen molar-refractivity contribution in [2.75, 3.05) is 31.7 Å². The van der Waals surface area contributed by atoms with Crippen molar-refractivity contribution in [3.63, 3.8) is 0 Å². The van der Waals surface area contributed by atoms with Gasteiger partial charge in [0.1, 0.15) is 19.0 Å². The number of para-hydroxylation sites is 1. The zero-order valence-electron chi connectivity index (χ0n) is 15.9. The molecule has 0 spiro atoms. The molecule has 1 aliphatic heterocycles. The second kappa shape index (κ2) is 9.27. The molecule has 4 rings (SSSR count). The molecule has 0 saturated carbocycles. The first-order valence-corrected chi connectivity index (χ1v) is 10.2. The van der Waals surface area contributed by atoms with Crippen LogP contribution in [-0.2, 0) is 9.59 Å². The van der Waals surface area contributed by atoms with E-state index in [9.17, 15) is 9.59 Å². The third-order valence-electron chi connectivity index (χ3n) is 4.15. The molecular formula is C21H19N3O5S. The van der Waals surface area contributed by atoms with Crippen molar-refractivity contribution in [3.8, 4) is 28.5 Å². The summed E-state index contributed by atoms with van der Waals surface area (Å²) in [6.45, 7) is 0.712. The van der Waals surface area contributed by atoms with Crippen molar-refractivity contribution in [1.29, 1.82) is 0 Å². The lowest BCUT2D eigenvalue weighted by Gasteiger charge is -2.18. The zero-order valence-corrected chi connectivity index (χ0v) is 16.7. The van der Waals surface area contributed by atoms with E-state index in [-0.39, 0.29) is 25.0 Å². The quantitative estimate of drug-likeness (QED) is 0.604. The van der Waals surface area contributed by atoms with Crippen LogP contribution in [0.5, 0.6) is 17.2 Å². The number of carbonyl (C=O) groups is 2. The molecule has 2 aromatic carbocycles. The Balaban J connectivity index is 1.26. The van der Waals surface area contributed by atoms with E-state index in [0.717, 1.165) is 5.56 Å². The van der Waals surface area contributed by atoms with Crippen LogP contribution in [0.1, 0.15) is 0 Å². The number of benzene rings is 2. The molecular weight excluding hydrogens is 406 g/mol. The molecule has 1 aliphatic rings. The van der Waals surface area contributed by atoms with Gasteiger partial charge >= 0.3 is 0 Å². The smallest absolute Gasteiger partial charge is 0.258 e. The number of nitrogens with one attached hydrogen (secondary N) is 2. The summed E-state index contributed by atoms with van der Waals surface area (Å²) in [5.74, 6) is 1.22. The van der Waals surface area contributed by atoms with Gasteiger partial charge in [-0.25, -0.2) is 4.98 Å². The van der Waals surface area contributed by atoms with Crippen LogP contribution in [0.3, 0.4) is 0 Å². The maximum absolute atomic E-state index is 12.1. The van der Waals surface area contributed by atoms with Gasteiger partial charge in [0.15, 0.2) is 23.2 Å². The number of ether oxygens (including phenoxy) is 3. The van der Waals surface area contributed by atoms with Crippen LogP contribution in [-0.4, -0.2) is 43.2 Å². The monoisotopic (exact) mass is 425 g/mol. The van der Waals surface area contributed by atoms with E-state index >= 15 is 0 Å². The van der Waals surface area contributed by atoms with Gasteiger partial charge < -0.3 is 24.8 Å². The second-order valence-corrected chi connectivity index (χ2v) is 7.18. The first-order chi connectivity index (χ1) is 14.7. The Morgan fingerprint density at radius 2 is 1.83 bits per heavy atom. The minimum atomic E-state index is -0.384. The van der Waals surface area contributed by atoms with Crippen LogP contribution in [0.25, 0.3) is 11.3 Å². The number of amides is 2. The highest BCUT2D eigenvalue weighted by molar-refractivity contribution is 7.14. The number of aromatic nitrogens is 1. The Labute approximate surface area is 176 Å². The fourth-order valence-corrected chi connectivity index (χ4v) is 3.46. The van der Waals surface area contributed by atoms with Crippen molar-refractivity contribution in [2.24, 2.45) is 0 Å². The zero-order chi connectivity index (χ0) is 20.8. The highest BCUT2D eigenvalue weighted by Gasteiger charge is 2.14. The molecule has 9 heteroatoms. The van der Waals surface area contributed by atoms with E-state index < -0.39 is 0 Å². The summed E-state index contributed by atoms with van der Waals surface area (Å²) >= 11 is 1.30. The van der Waals surface area contributed by atoms with Crippen molar-refractivity contribution < 1.29 is 23.8 Å². The summed E-state index contributed by atoms with van der Waals surface area (Å²) in [4.78, 5) is 28.3. The highest BCUT2D eigenvalue weighted by Crippen LogP contribution is 2.35. The Morgan fingerprint density at radius 3 is 2.67 bits per heavy atom. The molecule has 0 aliphatic carbocycles. The summed E-state index contributed by atoms with van der Waals surface area (Å²) in [6, 6.07) is 14.6. The molecule has 0 saturated heterocycles. The molecule has 30 heavy (non-hydrogen) atoms. The number of rotatable bonds is 7. The third-order valence-corrected chi connectivity index (χ3v) is 4.91. The van der Waals surface area contributed by atoms with E-state index in [1.54, 1.807) is 12.1 Å². The number of nitrogens with zero attached hydrogens (tertiary/aromatic N) is 1.